The maximum atomic E-state index is 13.1. The highest BCUT2D eigenvalue weighted by atomic mass is 19.1. The van der Waals surface area contributed by atoms with Crippen LogP contribution in [0.1, 0.15) is 40.0 Å². The van der Waals surface area contributed by atoms with Crippen LogP contribution in [0.5, 0.6) is 0 Å². The van der Waals surface area contributed by atoms with Crippen molar-refractivity contribution in [3.8, 4) is 0 Å². The van der Waals surface area contributed by atoms with E-state index in [2.05, 4.69) is 26.1 Å². The summed E-state index contributed by atoms with van der Waals surface area (Å²) in [5.41, 5.74) is 0.441. The van der Waals surface area contributed by atoms with E-state index >= 15 is 0 Å². The largest absolute Gasteiger partial charge is 0.377 e. The van der Waals surface area contributed by atoms with E-state index in [1.807, 2.05) is 0 Å². The Morgan fingerprint density at radius 3 is 2.70 bits per heavy atom. The van der Waals surface area contributed by atoms with Gasteiger partial charge in [0.15, 0.2) is 0 Å². The molecule has 0 aromatic heterocycles. The molecule has 1 N–H and O–H groups in total. The van der Waals surface area contributed by atoms with E-state index in [9.17, 15) is 14.5 Å². The molecule has 0 amide bonds. The van der Waals surface area contributed by atoms with E-state index in [4.69, 9.17) is 0 Å². The molecule has 1 aromatic rings. The SMILES string of the molecule is CC1CC(Nc2ccc(F)cc2[N+](=O)[O-])CC(C)(C)C1. The van der Waals surface area contributed by atoms with Crippen LogP contribution in [0.2, 0.25) is 0 Å². The highest BCUT2D eigenvalue weighted by molar-refractivity contribution is 5.61. The molecule has 1 saturated carbocycles. The van der Waals surface area contributed by atoms with Crippen LogP contribution < -0.4 is 5.32 Å². The Morgan fingerprint density at radius 2 is 2.10 bits per heavy atom. The van der Waals surface area contributed by atoms with Crippen molar-refractivity contribution in [2.24, 2.45) is 11.3 Å². The fourth-order valence-corrected chi connectivity index (χ4v) is 3.45. The normalized spacial score (nSPS) is 25.2. The van der Waals surface area contributed by atoms with Gasteiger partial charge in [-0.15, -0.1) is 0 Å². The molecular formula is C15H21FN2O2. The molecular weight excluding hydrogens is 259 g/mol. The number of benzene rings is 1. The van der Waals surface area contributed by atoms with Gasteiger partial charge >= 0.3 is 0 Å². The van der Waals surface area contributed by atoms with Gasteiger partial charge in [0.1, 0.15) is 11.5 Å². The first kappa shape index (κ1) is 14.8. The van der Waals surface area contributed by atoms with Crippen molar-refractivity contribution in [2.45, 2.75) is 46.1 Å². The van der Waals surface area contributed by atoms with Gasteiger partial charge < -0.3 is 5.32 Å². The quantitative estimate of drug-likeness (QED) is 0.661. The van der Waals surface area contributed by atoms with Gasteiger partial charge in [0, 0.05) is 6.04 Å². The molecule has 1 aliphatic rings. The number of hydrogen-bond acceptors (Lipinski definition) is 3. The summed E-state index contributed by atoms with van der Waals surface area (Å²) in [5, 5.41) is 14.2. The lowest BCUT2D eigenvalue weighted by Gasteiger charge is -2.39. The second-order valence-electron chi connectivity index (χ2n) is 6.67. The third-order valence-corrected chi connectivity index (χ3v) is 3.90. The van der Waals surface area contributed by atoms with E-state index in [0.29, 0.717) is 11.6 Å². The lowest BCUT2D eigenvalue weighted by molar-refractivity contribution is -0.384. The van der Waals surface area contributed by atoms with Crippen molar-refractivity contribution in [1.82, 2.24) is 0 Å². The fraction of sp³-hybridized carbons (Fsp3) is 0.600. The summed E-state index contributed by atoms with van der Waals surface area (Å²) in [6.07, 6.45) is 3.11. The van der Waals surface area contributed by atoms with Crippen molar-refractivity contribution in [3.05, 3.63) is 34.1 Å². The molecule has 0 heterocycles. The zero-order chi connectivity index (χ0) is 14.9. The highest BCUT2D eigenvalue weighted by Gasteiger charge is 2.32. The molecule has 4 nitrogen and oxygen atoms in total. The third kappa shape index (κ3) is 3.46. The Morgan fingerprint density at radius 1 is 1.40 bits per heavy atom. The van der Waals surface area contributed by atoms with E-state index in [-0.39, 0.29) is 17.1 Å². The second kappa shape index (κ2) is 5.38. The molecule has 5 heteroatoms. The van der Waals surface area contributed by atoms with Gasteiger partial charge in [-0.25, -0.2) is 4.39 Å². The van der Waals surface area contributed by atoms with Crippen LogP contribution in [-0.4, -0.2) is 11.0 Å². The minimum Gasteiger partial charge on any atom is -0.377 e. The van der Waals surface area contributed by atoms with Crippen LogP contribution in [0.3, 0.4) is 0 Å². The van der Waals surface area contributed by atoms with Crippen molar-refractivity contribution < 1.29 is 9.31 Å². The first-order chi connectivity index (χ1) is 9.27. The number of nitro benzene ring substituents is 1. The Kier molecular flexibility index (Phi) is 3.97. The summed E-state index contributed by atoms with van der Waals surface area (Å²) in [5.74, 6) is -0.00431. The van der Waals surface area contributed by atoms with Crippen LogP contribution in [0.25, 0.3) is 0 Å². The maximum Gasteiger partial charge on any atom is 0.295 e. The first-order valence-corrected chi connectivity index (χ1v) is 6.97. The molecule has 2 rings (SSSR count). The van der Waals surface area contributed by atoms with Crippen molar-refractivity contribution in [3.63, 3.8) is 0 Å². The molecule has 0 radical (unpaired) electrons. The number of anilines is 1. The number of rotatable bonds is 3. The summed E-state index contributed by atoms with van der Waals surface area (Å²) in [4.78, 5) is 10.5. The number of hydrogen-bond donors (Lipinski definition) is 1. The Labute approximate surface area is 118 Å². The Hall–Kier alpha value is -1.65. The van der Waals surface area contributed by atoms with E-state index < -0.39 is 10.7 Å². The standard InChI is InChI=1S/C15H21FN2O2/c1-10-6-12(9-15(2,3)8-10)17-13-5-4-11(16)7-14(13)18(19)20/h4-5,7,10,12,17H,6,8-9H2,1-3H3. The highest BCUT2D eigenvalue weighted by Crippen LogP contribution is 2.40. The summed E-state index contributed by atoms with van der Waals surface area (Å²) in [6, 6.07) is 3.88. The van der Waals surface area contributed by atoms with Crippen molar-refractivity contribution in [1.29, 1.82) is 0 Å². The van der Waals surface area contributed by atoms with Gasteiger partial charge in [0.05, 0.1) is 11.0 Å². The summed E-state index contributed by atoms with van der Waals surface area (Å²) >= 11 is 0. The van der Waals surface area contributed by atoms with Crippen LogP contribution in [-0.2, 0) is 0 Å². The average Bonchev–Trinajstić information content (AvgIpc) is 2.28. The van der Waals surface area contributed by atoms with Crippen LogP contribution >= 0.6 is 0 Å². The average molecular weight is 280 g/mol. The number of nitro groups is 1. The zero-order valence-electron chi connectivity index (χ0n) is 12.1. The minimum atomic E-state index is -0.584. The van der Waals surface area contributed by atoms with E-state index in [1.54, 1.807) is 0 Å². The molecule has 0 aliphatic heterocycles. The molecule has 1 aromatic carbocycles. The molecule has 2 atom stereocenters. The zero-order valence-corrected chi connectivity index (χ0v) is 12.1. The Bertz CT molecular complexity index is 517. The van der Waals surface area contributed by atoms with Gasteiger partial charge in [-0.05, 0) is 42.7 Å². The monoisotopic (exact) mass is 280 g/mol. The van der Waals surface area contributed by atoms with E-state index in [1.165, 1.54) is 12.1 Å². The van der Waals surface area contributed by atoms with Crippen molar-refractivity contribution >= 4 is 11.4 Å². The third-order valence-electron chi connectivity index (χ3n) is 3.90. The van der Waals surface area contributed by atoms with Gasteiger partial charge in [-0.2, -0.15) is 0 Å². The first-order valence-electron chi connectivity index (χ1n) is 6.97. The van der Waals surface area contributed by atoms with Crippen LogP contribution in [0, 0.1) is 27.3 Å². The molecule has 1 aliphatic carbocycles. The van der Waals surface area contributed by atoms with Gasteiger partial charge in [-0.1, -0.05) is 20.8 Å². The molecule has 2 unspecified atom stereocenters. The summed E-state index contributed by atoms with van der Waals surface area (Å²) < 4.78 is 13.1. The number of nitrogens with zero attached hydrogens (tertiary/aromatic N) is 1. The fourth-order valence-electron chi connectivity index (χ4n) is 3.45. The van der Waals surface area contributed by atoms with E-state index in [0.717, 1.165) is 25.3 Å². The molecule has 0 bridgehead atoms. The lowest BCUT2D eigenvalue weighted by Crippen LogP contribution is -2.35. The van der Waals surface area contributed by atoms with Gasteiger partial charge in [0.25, 0.3) is 5.69 Å². The summed E-state index contributed by atoms with van der Waals surface area (Å²) in [6.45, 7) is 6.64. The molecule has 1 fully saturated rings. The van der Waals surface area contributed by atoms with Crippen LogP contribution in [0.4, 0.5) is 15.8 Å². The van der Waals surface area contributed by atoms with Crippen molar-refractivity contribution in [2.75, 3.05) is 5.32 Å². The molecule has 0 saturated heterocycles. The summed E-state index contributed by atoms with van der Waals surface area (Å²) in [7, 11) is 0. The predicted octanol–water partition coefficient (Wildman–Crippen LogP) is 4.36. The Balaban J connectivity index is 2.19. The molecule has 110 valence electrons. The van der Waals surface area contributed by atoms with Gasteiger partial charge in [-0.3, -0.25) is 10.1 Å². The molecule has 20 heavy (non-hydrogen) atoms. The predicted molar refractivity (Wildman–Crippen MR) is 77.3 cm³/mol. The smallest absolute Gasteiger partial charge is 0.295 e. The number of nitrogens with one attached hydrogen (secondary N) is 1. The van der Waals surface area contributed by atoms with Gasteiger partial charge in [0.2, 0.25) is 0 Å². The topological polar surface area (TPSA) is 55.2 Å². The number of halogens is 1. The van der Waals surface area contributed by atoms with Crippen LogP contribution in [0.15, 0.2) is 18.2 Å². The minimum absolute atomic E-state index is 0.193. The second-order valence-corrected chi connectivity index (χ2v) is 6.67. The molecule has 0 spiro atoms. The lowest BCUT2D eigenvalue weighted by atomic mass is 9.70. The maximum absolute atomic E-state index is 13.1.